The van der Waals surface area contributed by atoms with Crippen molar-refractivity contribution in [3.05, 3.63) is 34.0 Å². The zero-order chi connectivity index (χ0) is 21.0. The number of ether oxygens (including phenoxy) is 1. The molecule has 2 heterocycles. The fourth-order valence-electron chi connectivity index (χ4n) is 2.35. The number of esters is 1. The van der Waals surface area contributed by atoms with Crippen molar-refractivity contribution in [1.29, 1.82) is 0 Å². The Kier molecular flexibility index (Phi) is 6.52. The first-order valence-electron chi connectivity index (χ1n) is 8.35. The maximum Gasteiger partial charge on any atom is 0.341 e. The summed E-state index contributed by atoms with van der Waals surface area (Å²) in [7, 11) is 0. The van der Waals surface area contributed by atoms with Crippen molar-refractivity contribution in [2.24, 2.45) is 5.73 Å². The van der Waals surface area contributed by atoms with Crippen LogP contribution in [0.25, 0.3) is 0 Å². The van der Waals surface area contributed by atoms with Crippen molar-refractivity contribution in [2.75, 3.05) is 11.9 Å². The first-order valence-corrected chi connectivity index (χ1v) is 9.17. The standard InChI is InChI=1S/C17H20N4O6S/c1-4-5-27-17(26)11-8(2)12(13(18)22)28-15(11)20-14(23)9(3)21-7-10(6-19-21)16(24)25/h6-7,9H,4-5H2,1-3H3,(H2,18,22)(H,20,23)(H,24,25). The lowest BCUT2D eigenvalue weighted by molar-refractivity contribution is -0.119. The van der Waals surface area contributed by atoms with Gasteiger partial charge in [-0.15, -0.1) is 11.3 Å². The number of nitrogens with one attached hydrogen (secondary N) is 1. The van der Waals surface area contributed by atoms with E-state index in [1.54, 1.807) is 6.92 Å². The Bertz CT molecular complexity index is 932. The lowest BCUT2D eigenvalue weighted by Crippen LogP contribution is -2.24. The SMILES string of the molecule is CCCOC(=O)c1c(NC(=O)C(C)n2cc(C(=O)O)cn2)sc(C(N)=O)c1C. The highest BCUT2D eigenvalue weighted by atomic mass is 32.1. The van der Waals surface area contributed by atoms with E-state index < -0.39 is 29.8 Å². The van der Waals surface area contributed by atoms with Gasteiger partial charge in [-0.3, -0.25) is 14.3 Å². The van der Waals surface area contributed by atoms with Crippen LogP contribution in [0.4, 0.5) is 5.00 Å². The van der Waals surface area contributed by atoms with E-state index in [2.05, 4.69) is 10.4 Å². The maximum atomic E-state index is 12.6. The number of aromatic carboxylic acids is 1. The summed E-state index contributed by atoms with van der Waals surface area (Å²) < 4.78 is 6.31. The molecule has 1 unspecified atom stereocenters. The Morgan fingerprint density at radius 3 is 2.61 bits per heavy atom. The molecule has 0 spiro atoms. The molecule has 0 radical (unpaired) electrons. The monoisotopic (exact) mass is 408 g/mol. The number of carboxylic acids is 1. The Labute approximate surface area is 164 Å². The van der Waals surface area contributed by atoms with Crippen molar-refractivity contribution < 1.29 is 29.0 Å². The number of carboxylic acid groups (broad SMARTS) is 1. The quantitative estimate of drug-likeness (QED) is 0.563. The Morgan fingerprint density at radius 2 is 2.07 bits per heavy atom. The number of amides is 2. The zero-order valence-corrected chi connectivity index (χ0v) is 16.3. The van der Waals surface area contributed by atoms with E-state index in [4.69, 9.17) is 15.6 Å². The van der Waals surface area contributed by atoms with Crippen LogP contribution >= 0.6 is 11.3 Å². The molecule has 2 rings (SSSR count). The summed E-state index contributed by atoms with van der Waals surface area (Å²) >= 11 is 0.876. The molecule has 0 bridgehead atoms. The minimum absolute atomic E-state index is 0.0635. The second-order valence-electron chi connectivity index (χ2n) is 5.94. The molecular weight excluding hydrogens is 388 g/mol. The van der Waals surface area contributed by atoms with Gasteiger partial charge < -0.3 is 20.9 Å². The third-order valence-electron chi connectivity index (χ3n) is 3.87. The summed E-state index contributed by atoms with van der Waals surface area (Å²) in [6.45, 7) is 5.08. The summed E-state index contributed by atoms with van der Waals surface area (Å²) in [6, 6.07) is -0.868. The number of nitrogens with zero attached hydrogens (tertiary/aromatic N) is 2. The van der Waals surface area contributed by atoms with E-state index in [1.807, 2.05) is 6.92 Å². The van der Waals surface area contributed by atoms with Crippen molar-refractivity contribution in [3.63, 3.8) is 0 Å². The summed E-state index contributed by atoms with van der Waals surface area (Å²) in [6.07, 6.45) is 2.96. The Hall–Kier alpha value is -3.21. The minimum Gasteiger partial charge on any atom is -0.478 e. The van der Waals surface area contributed by atoms with Gasteiger partial charge in [-0.2, -0.15) is 5.10 Å². The molecule has 10 nitrogen and oxygen atoms in total. The molecule has 0 aromatic carbocycles. The molecule has 28 heavy (non-hydrogen) atoms. The van der Waals surface area contributed by atoms with Gasteiger partial charge in [0.2, 0.25) is 5.91 Å². The van der Waals surface area contributed by atoms with Crippen molar-refractivity contribution in [1.82, 2.24) is 9.78 Å². The second kappa shape index (κ2) is 8.65. The molecule has 2 aromatic heterocycles. The molecule has 0 aliphatic heterocycles. The third-order valence-corrected chi connectivity index (χ3v) is 5.10. The van der Waals surface area contributed by atoms with E-state index >= 15 is 0 Å². The first kappa shape index (κ1) is 21.1. The first-order chi connectivity index (χ1) is 13.2. The average Bonchev–Trinajstić information content (AvgIpc) is 3.24. The number of hydrogen-bond donors (Lipinski definition) is 3. The predicted octanol–water partition coefficient (Wildman–Crippen LogP) is 1.82. The van der Waals surface area contributed by atoms with Crippen molar-refractivity contribution >= 4 is 40.1 Å². The third kappa shape index (κ3) is 4.36. The summed E-state index contributed by atoms with van der Waals surface area (Å²) in [4.78, 5) is 47.7. The number of primary amides is 1. The number of aromatic nitrogens is 2. The Balaban J connectivity index is 2.31. The van der Waals surface area contributed by atoms with Crippen LogP contribution in [0.2, 0.25) is 0 Å². The largest absolute Gasteiger partial charge is 0.478 e. The van der Waals surface area contributed by atoms with Gasteiger partial charge in [0.05, 0.1) is 28.8 Å². The van der Waals surface area contributed by atoms with E-state index in [9.17, 15) is 19.2 Å². The number of thiophene rings is 1. The van der Waals surface area contributed by atoms with E-state index in [0.717, 1.165) is 17.5 Å². The fraction of sp³-hybridized carbons (Fsp3) is 0.353. The van der Waals surface area contributed by atoms with E-state index in [1.165, 1.54) is 17.8 Å². The number of rotatable bonds is 8. The summed E-state index contributed by atoms with van der Waals surface area (Å²) in [5.41, 5.74) is 5.68. The van der Waals surface area contributed by atoms with Crippen LogP contribution in [0.15, 0.2) is 12.4 Å². The van der Waals surface area contributed by atoms with Gasteiger partial charge in [-0.1, -0.05) is 6.92 Å². The van der Waals surface area contributed by atoms with Crippen LogP contribution < -0.4 is 11.1 Å². The van der Waals surface area contributed by atoms with Crippen molar-refractivity contribution in [2.45, 2.75) is 33.2 Å². The van der Waals surface area contributed by atoms with Gasteiger partial charge in [0.1, 0.15) is 11.0 Å². The number of carbonyl (C=O) groups excluding carboxylic acids is 3. The van der Waals surface area contributed by atoms with Gasteiger partial charge in [-0.25, -0.2) is 9.59 Å². The smallest absolute Gasteiger partial charge is 0.341 e. The summed E-state index contributed by atoms with van der Waals surface area (Å²) in [5.74, 6) is -3.11. The maximum absolute atomic E-state index is 12.6. The van der Waals surface area contributed by atoms with Crippen molar-refractivity contribution in [3.8, 4) is 0 Å². The lowest BCUT2D eigenvalue weighted by Gasteiger charge is -2.13. The van der Waals surface area contributed by atoms with Crippen LogP contribution in [0.3, 0.4) is 0 Å². The molecule has 0 saturated carbocycles. The number of anilines is 1. The minimum atomic E-state index is -1.17. The van der Waals surface area contributed by atoms with Crippen LogP contribution in [0.5, 0.6) is 0 Å². The molecule has 0 aliphatic rings. The Morgan fingerprint density at radius 1 is 1.39 bits per heavy atom. The second-order valence-corrected chi connectivity index (χ2v) is 6.96. The normalized spacial score (nSPS) is 11.7. The molecule has 1 atom stereocenters. The van der Waals surface area contributed by atoms with Crippen LogP contribution in [-0.4, -0.2) is 45.2 Å². The predicted molar refractivity (Wildman–Crippen MR) is 101 cm³/mol. The molecule has 2 aromatic rings. The molecule has 0 fully saturated rings. The molecular formula is C17H20N4O6S. The molecule has 4 N–H and O–H groups in total. The summed E-state index contributed by atoms with van der Waals surface area (Å²) in [5, 5.41) is 15.5. The fourth-order valence-corrected chi connectivity index (χ4v) is 3.40. The van der Waals surface area contributed by atoms with Gasteiger partial charge in [0.15, 0.2) is 0 Å². The van der Waals surface area contributed by atoms with Gasteiger partial charge in [-0.05, 0) is 25.8 Å². The van der Waals surface area contributed by atoms with Gasteiger partial charge in [0.25, 0.3) is 5.91 Å². The average molecular weight is 408 g/mol. The molecule has 150 valence electrons. The molecule has 0 saturated heterocycles. The highest BCUT2D eigenvalue weighted by Crippen LogP contribution is 2.34. The van der Waals surface area contributed by atoms with Crippen LogP contribution in [0.1, 0.15) is 62.3 Å². The highest BCUT2D eigenvalue weighted by Gasteiger charge is 2.27. The van der Waals surface area contributed by atoms with Crippen LogP contribution in [-0.2, 0) is 9.53 Å². The number of carbonyl (C=O) groups is 4. The topological polar surface area (TPSA) is 154 Å². The number of nitrogens with two attached hydrogens (primary N) is 1. The zero-order valence-electron chi connectivity index (χ0n) is 15.5. The van der Waals surface area contributed by atoms with E-state index in [-0.39, 0.29) is 27.6 Å². The number of hydrogen-bond acceptors (Lipinski definition) is 7. The molecule has 2 amide bonds. The lowest BCUT2D eigenvalue weighted by atomic mass is 10.1. The van der Waals surface area contributed by atoms with Crippen LogP contribution in [0, 0.1) is 6.92 Å². The van der Waals surface area contributed by atoms with E-state index in [0.29, 0.717) is 12.0 Å². The van der Waals surface area contributed by atoms with Gasteiger partial charge >= 0.3 is 11.9 Å². The van der Waals surface area contributed by atoms with Gasteiger partial charge in [0, 0.05) is 6.20 Å². The highest BCUT2D eigenvalue weighted by molar-refractivity contribution is 7.18. The molecule has 0 aliphatic carbocycles. The molecule has 11 heteroatoms.